The molecule has 0 N–H and O–H groups in total. The summed E-state index contributed by atoms with van der Waals surface area (Å²) in [6, 6.07) is 8.48. The third kappa shape index (κ3) is 4.22. The summed E-state index contributed by atoms with van der Waals surface area (Å²) in [4.78, 5) is 0. The highest BCUT2D eigenvalue weighted by atomic mass is 35.9. The molecule has 0 aromatic heterocycles. The van der Waals surface area contributed by atoms with Gasteiger partial charge in [-0.2, -0.15) is 0 Å². The third-order valence-corrected chi connectivity index (χ3v) is 4.61. The molecule has 0 unspecified atom stereocenters. The summed E-state index contributed by atoms with van der Waals surface area (Å²) >= 11 is 12.1. The van der Waals surface area contributed by atoms with Crippen LogP contribution in [0.5, 0.6) is 0 Å². The van der Waals surface area contributed by atoms with Crippen molar-refractivity contribution in [3.8, 4) is 0 Å². The molecule has 0 saturated heterocycles. The fourth-order valence-corrected chi connectivity index (χ4v) is 3.79. The van der Waals surface area contributed by atoms with Gasteiger partial charge < -0.3 is 0 Å². The zero-order valence-electron chi connectivity index (χ0n) is 10.2. The molecule has 1 nitrogen and oxygen atoms in total. The Morgan fingerprint density at radius 2 is 1.62 bits per heavy atom. The van der Waals surface area contributed by atoms with Crippen LogP contribution in [0.3, 0.4) is 0 Å². The predicted octanol–water partition coefficient (Wildman–Crippen LogP) is 5.30. The number of hydrogen-bond acceptors (Lipinski definition) is 1. The molecular weight excluding hydrogens is 260 g/mol. The summed E-state index contributed by atoms with van der Waals surface area (Å²) in [5.74, 6) is 0. The second-order valence-corrected chi connectivity index (χ2v) is 8.28. The molecule has 1 rings (SSSR count). The number of benzene rings is 1. The maximum Gasteiger partial charge on any atom is 0.160 e. The van der Waals surface area contributed by atoms with E-state index < -0.39 is 6.78 Å². The summed E-state index contributed by atoms with van der Waals surface area (Å²) in [6.45, 7) is 8.15. The van der Waals surface area contributed by atoms with Gasteiger partial charge in [0.1, 0.15) is 0 Å². The highest BCUT2D eigenvalue weighted by Gasteiger charge is 2.26. The Hall–Kier alpha value is 0.190. The van der Waals surface area contributed by atoms with Crippen LogP contribution in [0.4, 0.5) is 0 Å². The lowest BCUT2D eigenvalue weighted by atomic mass is 10.1. The van der Waals surface area contributed by atoms with E-state index in [-0.39, 0.29) is 5.54 Å². The molecule has 1 aromatic rings. The lowest BCUT2D eigenvalue weighted by Crippen LogP contribution is -2.35. The van der Waals surface area contributed by atoms with Gasteiger partial charge in [-0.25, -0.2) is 4.67 Å². The Morgan fingerprint density at radius 1 is 1.12 bits per heavy atom. The van der Waals surface area contributed by atoms with Crippen LogP contribution in [-0.4, -0.2) is 10.2 Å². The SMILES string of the molecule is Cc1ccc(CN(P(Cl)Cl)C(C)(C)C)cc1. The van der Waals surface area contributed by atoms with Crippen LogP contribution in [0.2, 0.25) is 0 Å². The van der Waals surface area contributed by atoms with Crippen molar-refractivity contribution >= 4 is 29.3 Å². The Morgan fingerprint density at radius 3 is 2.00 bits per heavy atom. The normalized spacial score (nSPS) is 12.5. The number of rotatable bonds is 3. The van der Waals surface area contributed by atoms with Crippen molar-refractivity contribution in [2.75, 3.05) is 0 Å². The summed E-state index contributed by atoms with van der Waals surface area (Å²) in [6.07, 6.45) is 0. The van der Waals surface area contributed by atoms with Crippen LogP contribution in [-0.2, 0) is 6.54 Å². The molecule has 0 aliphatic carbocycles. The topological polar surface area (TPSA) is 3.24 Å². The quantitative estimate of drug-likeness (QED) is 0.678. The van der Waals surface area contributed by atoms with Crippen molar-refractivity contribution < 1.29 is 0 Å². The summed E-state index contributed by atoms with van der Waals surface area (Å²) in [5, 5.41) is 0. The van der Waals surface area contributed by atoms with E-state index >= 15 is 0 Å². The highest BCUT2D eigenvalue weighted by molar-refractivity contribution is 8.02. The molecule has 0 saturated carbocycles. The average Bonchev–Trinajstić information content (AvgIpc) is 2.14. The Labute approximate surface area is 109 Å². The Bertz CT molecular complexity index is 330. The molecule has 0 fully saturated rings. The standard InChI is InChI=1S/C12H18Cl2NP/c1-10-5-7-11(8-6-10)9-15(16(13)14)12(2,3)4/h5-8H,9H2,1-4H3. The molecule has 4 heteroatoms. The molecule has 0 bridgehead atoms. The largest absolute Gasteiger partial charge is 0.248 e. The fourth-order valence-electron chi connectivity index (χ4n) is 1.38. The van der Waals surface area contributed by atoms with Crippen LogP contribution in [0.25, 0.3) is 0 Å². The van der Waals surface area contributed by atoms with Crippen molar-refractivity contribution in [2.24, 2.45) is 0 Å². The number of aryl methyl sites for hydroxylation is 1. The molecule has 0 amide bonds. The Balaban J connectivity index is 2.80. The first-order valence-corrected chi connectivity index (χ1v) is 8.36. The van der Waals surface area contributed by atoms with Crippen molar-refractivity contribution in [1.82, 2.24) is 4.67 Å². The van der Waals surface area contributed by atoms with Gasteiger partial charge in [-0.15, -0.1) is 0 Å². The molecule has 0 aliphatic heterocycles. The van der Waals surface area contributed by atoms with Gasteiger partial charge in [0.15, 0.2) is 6.78 Å². The summed E-state index contributed by atoms with van der Waals surface area (Å²) < 4.78 is 2.12. The first kappa shape index (κ1) is 14.3. The maximum atomic E-state index is 6.07. The lowest BCUT2D eigenvalue weighted by molar-refractivity contribution is 0.262. The minimum absolute atomic E-state index is 0.0138. The zero-order valence-corrected chi connectivity index (χ0v) is 12.6. The smallest absolute Gasteiger partial charge is 0.160 e. The monoisotopic (exact) mass is 277 g/mol. The molecule has 0 aliphatic rings. The first-order valence-electron chi connectivity index (χ1n) is 5.25. The van der Waals surface area contributed by atoms with Crippen molar-refractivity contribution in [1.29, 1.82) is 0 Å². The average molecular weight is 278 g/mol. The third-order valence-electron chi connectivity index (χ3n) is 2.41. The van der Waals surface area contributed by atoms with E-state index in [0.29, 0.717) is 0 Å². The van der Waals surface area contributed by atoms with Crippen LogP contribution in [0.15, 0.2) is 24.3 Å². The van der Waals surface area contributed by atoms with E-state index in [4.69, 9.17) is 22.5 Å². The molecule has 0 atom stereocenters. The van der Waals surface area contributed by atoms with E-state index in [1.54, 1.807) is 0 Å². The van der Waals surface area contributed by atoms with Crippen LogP contribution in [0, 0.1) is 6.92 Å². The molecule has 0 heterocycles. The molecule has 0 spiro atoms. The van der Waals surface area contributed by atoms with Gasteiger partial charge in [0.2, 0.25) is 0 Å². The van der Waals surface area contributed by atoms with E-state index in [2.05, 4.69) is 56.6 Å². The summed E-state index contributed by atoms with van der Waals surface area (Å²) in [7, 11) is 0. The van der Waals surface area contributed by atoms with Gasteiger partial charge in [-0.1, -0.05) is 52.3 Å². The van der Waals surface area contributed by atoms with Crippen molar-refractivity contribution in [3.05, 3.63) is 35.4 Å². The number of nitrogens with zero attached hydrogens (tertiary/aromatic N) is 1. The molecule has 90 valence electrons. The molecular formula is C12H18Cl2NP. The van der Waals surface area contributed by atoms with E-state index in [0.717, 1.165) is 6.54 Å². The lowest BCUT2D eigenvalue weighted by Gasteiger charge is -2.35. The summed E-state index contributed by atoms with van der Waals surface area (Å²) in [5.41, 5.74) is 2.50. The Kier molecular flexibility index (Phi) is 5.07. The zero-order chi connectivity index (χ0) is 12.3. The van der Waals surface area contributed by atoms with Crippen LogP contribution < -0.4 is 0 Å². The van der Waals surface area contributed by atoms with E-state index in [1.165, 1.54) is 11.1 Å². The van der Waals surface area contributed by atoms with E-state index in [1.807, 2.05) is 0 Å². The minimum Gasteiger partial charge on any atom is -0.248 e. The van der Waals surface area contributed by atoms with Gasteiger partial charge in [-0.3, -0.25) is 0 Å². The second-order valence-electron chi connectivity index (χ2n) is 4.93. The van der Waals surface area contributed by atoms with Crippen molar-refractivity contribution in [3.63, 3.8) is 0 Å². The van der Waals surface area contributed by atoms with Gasteiger partial charge in [0.05, 0.1) is 0 Å². The van der Waals surface area contributed by atoms with Gasteiger partial charge in [0, 0.05) is 12.1 Å². The number of halogens is 2. The van der Waals surface area contributed by atoms with Crippen LogP contribution >= 0.6 is 29.3 Å². The number of hydrogen-bond donors (Lipinski definition) is 0. The van der Waals surface area contributed by atoms with Gasteiger partial charge in [-0.05, 0) is 33.3 Å². The maximum absolute atomic E-state index is 6.07. The van der Waals surface area contributed by atoms with Gasteiger partial charge >= 0.3 is 0 Å². The molecule has 16 heavy (non-hydrogen) atoms. The van der Waals surface area contributed by atoms with Gasteiger partial charge in [0.25, 0.3) is 0 Å². The minimum atomic E-state index is -1.11. The molecule has 0 radical (unpaired) electrons. The predicted molar refractivity (Wildman–Crippen MR) is 75.1 cm³/mol. The van der Waals surface area contributed by atoms with Crippen LogP contribution in [0.1, 0.15) is 31.9 Å². The molecule has 1 aromatic carbocycles. The highest BCUT2D eigenvalue weighted by Crippen LogP contribution is 2.54. The van der Waals surface area contributed by atoms with E-state index in [9.17, 15) is 0 Å². The fraction of sp³-hybridized carbons (Fsp3) is 0.500. The first-order chi connectivity index (χ1) is 7.30. The second kappa shape index (κ2) is 5.69. The van der Waals surface area contributed by atoms with Crippen molar-refractivity contribution in [2.45, 2.75) is 39.8 Å².